The third kappa shape index (κ3) is 2.10. The molecule has 0 fully saturated rings. The Balaban J connectivity index is 1.66. The smallest absolute Gasteiger partial charge is 0.181 e. The number of aromatic nitrogens is 6. The molecule has 7 heteroatoms. The summed E-state index contributed by atoms with van der Waals surface area (Å²) in [5.74, 6) is 0.726. The standard InChI is InChI=1S/C17H15N7/c1-2-13-16(19-5-1)22-17(21-13)14-12-8-11(9-20-15(12)24-23-14)10-3-6-18-7-4-10/h1-3,5,8-9,18H,4,6-7H2,(H,19,21,22)(H,20,23,24). The molecule has 0 aromatic carbocycles. The van der Waals surface area contributed by atoms with Gasteiger partial charge in [-0.25, -0.2) is 15.0 Å². The predicted octanol–water partition coefficient (Wildman–Crippen LogP) is 2.27. The van der Waals surface area contributed by atoms with Crippen molar-refractivity contribution in [2.45, 2.75) is 6.42 Å². The van der Waals surface area contributed by atoms with Crippen LogP contribution in [0.5, 0.6) is 0 Å². The second kappa shape index (κ2) is 5.24. The van der Waals surface area contributed by atoms with Crippen LogP contribution in [-0.2, 0) is 0 Å². The highest BCUT2D eigenvalue weighted by molar-refractivity contribution is 5.92. The van der Waals surface area contributed by atoms with E-state index in [1.165, 1.54) is 5.57 Å². The molecule has 118 valence electrons. The van der Waals surface area contributed by atoms with Crippen LogP contribution in [0.25, 0.3) is 39.3 Å². The van der Waals surface area contributed by atoms with E-state index >= 15 is 0 Å². The predicted molar refractivity (Wildman–Crippen MR) is 92.2 cm³/mol. The van der Waals surface area contributed by atoms with Crippen LogP contribution in [0.3, 0.4) is 0 Å². The van der Waals surface area contributed by atoms with E-state index in [9.17, 15) is 0 Å². The van der Waals surface area contributed by atoms with E-state index in [2.05, 4.69) is 47.6 Å². The van der Waals surface area contributed by atoms with E-state index in [1.807, 2.05) is 18.3 Å². The molecule has 0 amide bonds. The highest BCUT2D eigenvalue weighted by Crippen LogP contribution is 2.28. The summed E-state index contributed by atoms with van der Waals surface area (Å²) in [4.78, 5) is 16.6. The summed E-state index contributed by atoms with van der Waals surface area (Å²) in [6.07, 6.45) is 6.86. The highest BCUT2D eigenvalue weighted by atomic mass is 15.2. The molecule has 0 bridgehead atoms. The van der Waals surface area contributed by atoms with Crippen molar-refractivity contribution in [3.05, 3.63) is 42.2 Å². The van der Waals surface area contributed by atoms with Crippen molar-refractivity contribution in [2.75, 3.05) is 13.1 Å². The maximum atomic E-state index is 4.56. The Bertz CT molecular complexity index is 1040. The van der Waals surface area contributed by atoms with Crippen molar-refractivity contribution < 1.29 is 0 Å². The van der Waals surface area contributed by atoms with Gasteiger partial charge in [0, 0.05) is 18.9 Å². The lowest BCUT2D eigenvalue weighted by atomic mass is 10.0. The second-order valence-electron chi connectivity index (χ2n) is 5.84. The molecule has 1 aliphatic rings. The van der Waals surface area contributed by atoms with Gasteiger partial charge in [0.1, 0.15) is 5.69 Å². The number of pyridine rings is 2. The number of rotatable bonds is 2. The van der Waals surface area contributed by atoms with Crippen molar-refractivity contribution in [3.8, 4) is 11.5 Å². The van der Waals surface area contributed by atoms with Gasteiger partial charge in [-0.05, 0) is 42.3 Å². The van der Waals surface area contributed by atoms with Gasteiger partial charge >= 0.3 is 0 Å². The van der Waals surface area contributed by atoms with Crippen molar-refractivity contribution in [1.29, 1.82) is 0 Å². The van der Waals surface area contributed by atoms with Crippen LogP contribution in [0.2, 0.25) is 0 Å². The summed E-state index contributed by atoms with van der Waals surface area (Å²) in [6, 6.07) is 5.98. The molecule has 0 atom stereocenters. The number of hydrogen-bond donors (Lipinski definition) is 3. The van der Waals surface area contributed by atoms with Gasteiger partial charge in [0.05, 0.1) is 10.9 Å². The molecular weight excluding hydrogens is 302 g/mol. The third-order valence-corrected chi connectivity index (χ3v) is 4.34. The van der Waals surface area contributed by atoms with Crippen LogP contribution in [-0.4, -0.2) is 43.2 Å². The van der Waals surface area contributed by atoms with Gasteiger partial charge in [-0.15, -0.1) is 0 Å². The molecule has 0 aliphatic carbocycles. The molecule has 5 rings (SSSR count). The summed E-state index contributed by atoms with van der Waals surface area (Å²) < 4.78 is 0. The molecule has 24 heavy (non-hydrogen) atoms. The average Bonchev–Trinajstić information content (AvgIpc) is 3.25. The second-order valence-corrected chi connectivity index (χ2v) is 5.84. The summed E-state index contributed by atoms with van der Waals surface area (Å²) >= 11 is 0. The van der Waals surface area contributed by atoms with Crippen LogP contribution in [0.1, 0.15) is 12.0 Å². The van der Waals surface area contributed by atoms with Gasteiger partial charge in [-0.2, -0.15) is 5.10 Å². The molecule has 5 heterocycles. The Labute approximate surface area is 137 Å². The van der Waals surface area contributed by atoms with E-state index in [1.54, 1.807) is 6.20 Å². The van der Waals surface area contributed by atoms with E-state index < -0.39 is 0 Å². The van der Waals surface area contributed by atoms with Gasteiger partial charge in [-0.3, -0.25) is 5.10 Å². The SMILES string of the molecule is C1=C(c2cnc3n[nH]c(-c4nc5ncccc5[nH]4)c3c2)CCNC1. The largest absolute Gasteiger partial charge is 0.335 e. The molecule has 0 spiro atoms. The minimum Gasteiger partial charge on any atom is -0.335 e. The normalized spacial score (nSPS) is 15.1. The van der Waals surface area contributed by atoms with Crippen LogP contribution >= 0.6 is 0 Å². The molecule has 4 aromatic heterocycles. The zero-order chi connectivity index (χ0) is 15.9. The topological polar surface area (TPSA) is 95.2 Å². The minimum absolute atomic E-state index is 0.691. The van der Waals surface area contributed by atoms with Gasteiger partial charge < -0.3 is 10.3 Å². The summed E-state index contributed by atoms with van der Waals surface area (Å²) in [7, 11) is 0. The number of nitrogens with zero attached hydrogens (tertiary/aromatic N) is 4. The van der Waals surface area contributed by atoms with Gasteiger partial charge in [-0.1, -0.05) is 6.08 Å². The average molecular weight is 317 g/mol. The van der Waals surface area contributed by atoms with Gasteiger partial charge in [0.15, 0.2) is 17.1 Å². The van der Waals surface area contributed by atoms with E-state index in [4.69, 9.17) is 0 Å². The van der Waals surface area contributed by atoms with Crippen molar-refractivity contribution in [2.24, 2.45) is 0 Å². The lowest BCUT2D eigenvalue weighted by Gasteiger charge is -2.13. The monoisotopic (exact) mass is 317 g/mol. The fourth-order valence-electron chi connectivity index (χ4n) is 3.10. The first-order valence-electron chi connectivity index (χ1n) is 7.94. The number of hydrogen-bond acceptors (Lipinski definition) is 5. The zero-order valence-corrected chi connectivity index (χ0v) is 12.9. The molecule has 1 aliphatic heterocycles. The number of H-pyrrole nitrogens is 2. The Morgan fingerprint density at radius 2 is 2.12 bits per heavy atom. The van der Waals surface area contributed by atoms with E-state index in [0.717, 1.165) is 47.5 Å². The molecule has 3 N–H and O–H groups in total. The fourth-order valence-corrected chi connectivity index (χ4v) is 3.10. The maximum absolute atomic E-state index is 4.56. The zero-order valence-electron chi connectivity index (χ0n) is 12.9. The Hall–Kier alpha value is -3.06. The minimum atomic E-state index is 0.691. The number of fused-ring (bicyclic) bond motifs is 2. The molecule has 7 nitrogen and oxygen atoms in total. The Kier molecular flexibility index (Phi) is 2.92. The first-order valence-corrected chi connectivity index (χ1v) is 7.94. The molecule has 0 saturated heterocycles. The van der Waals surface area contributed by atoms with Crippen LogP contribution in [0.4, 0.5) is 0 Å². The quantitative estimate of drug-likeness (QED) is 0.527. The summed E-state index contributed by atoms with van der Waals surface area (Å²) in [5, 5.41) is 11.7. The first kappa shape index (κ1) is 13.4. The number of imidazole rings is 1. The van der Waals surface area contributed by atoms with Crippen molar-refractivity contribution in [3.63, 3.8) is 0 Å². The van der Waals surface area contributed by atoms with Gasteiger partial charge in [0.25, 0.3) is 0 Å². The van der Waals surface area contributed by atoms with E-state index in [0.29, 0.717) is 11.3 Å². The molecule has 0 saturated carbocycles. The molecule has 4 aromatic rings. The van der Waals surface area contributed by atoms with Gasteiger partial charge in [0.2, 0.25) is 0 Å². The Morgan fingerprint density at radius 3 is 3.00 bits per heavy atom. The van der Waals surface area contributed by atoms with E-state index in [-0.39, 0.29) is 0 Å². The van der Waals surface area contributed by atoms with Crippen LogP contribution < -0.4 is 5.32 Å². The Morgan fingerprint density at radius 1 is 1.12 bits per heavy atom. The fraction of sp³-hybridized carbons (Fsp3) is 0.176. The van der Waals surface area contributed by atoms with Crippen molar-refractivity contribution >= 4 is 27.8 Å². The third-order valence-electron chi connectivity index (χ3n) is 4.34. The summed E-state index contributed by atoms with van der Waals surface area (Å²) in [6.45, 7) is 1.90. The lowest BCUT2D eigenvalue weighted by Crippen LogP contribution is -2.20. The summed E-state index contributed by atoms with van der Waals surface area (Å²) in [5.41, 5.74) is 5.59. The number of aromatic amines is 2. The molecular formula is C17H15N7. The van der Waals surface area contributed by atoms with Crippen LogP contribution in [0.15, 0.2) is 36.7 Å². The highest BCUT2D eigenvalue weighted by Gasteiger charge is 2.15. The maximum Gasteiger partial charge on any atom is 0.181 e. The lowest BCUT2D eigenvalue weighted by molar-refractivity contribution is 0.738. The molecule has 0 unspecified atom stereocenters. The van der Waals surface area contributed by atoms with Crippen molar-refractivity contribution in [1.82, 2.24) is 35.5 Å². The van der Waals surface area contributed by atoms with Crippen LogP contribution in [0, 0.1) is 0 Å². The molecule has 0 radical (unpaired) electrons. The number of nitrogens with one attached hydrogen (secondary N) is 3. The first-order chi connectivity index (χ1) is 11.9.